The lowest BCUT2D eigenvalue weighted by Crippen LogP contribution is -2.66. The quantitative estimate of drug-likeness (QED) is 0.125. The van der Waals surface area contributed by atoms with Crippen LogP contribution >= 0.6 is 0 Å². The number of allylic oxidation sites excluding steroid dienone is 1. The van der Waals surface area contributed by atoms with Crippen LogP contribution in [-0.4, -0.2) is 158 Å². The summed E-state index contributed by atoms with van der Waals surface area (Å²) in [5.41, 5.74) is -1.50. The predicted octanol–water partition coefficient (Wildman–Crippen LogP) is 2.19. The fourth-order valence-electron chi connectivity index (χ4n) is 8.39. The maximum Gasteiger partial charge on any atom is 0.309 e. The van der Waals surface area contributed by atoms with E-state index in [9.17, 15) is 34.2 Å². The molecule has 0 bridgehead atoms. The highest BCUT2D eigenvalue weighted by atomic mass is 16.7. The summed E-state index contributed by atoms with van der Waals surface area (Å²) in [6.07, 6.45) is -7.34. The molecule has 0 saturated carbocycles. The molecule has 0 radical (unpaired) electrons. The number of carbonyl (C=O) groups is 5. The summed E-state index contributed by atoms with van der Waals surface area (Å²) in [5, 5.41) is 23.4. The van der Waals surface area contributed by atoms with Gasteiger partial charge in [0.2, 0.25) is 0 Å². The Labute approximate surface area is 341 Å². The average Bonchev–Trinajstić information content (AvgIpc) is 3.86. The van der Waals surface area contributed by atoms with Gasteiger partial charge in [-0.3, -0.25) is 19.2 Å². The minimum absolute atomic E-state index is 0.0507. The number of methoxy groups -OCH3 is 1. The molecule has 17 nitrogen and oxygen atoms in total. The molecule has 58 heavy (non-hydrogen) atoms. The number of esters is 3. The molecule has 17 heteroatoms. The number of cyclic esters (lactones) is 1. The molecule has 0 aromatic heterocycles. The highest BCUT2D eigenvalue weighted by Gasteiger charge is 2.53. The molecule has 4 rings (SSSR count). The van der Waals surface area contributed by atoms with Crippen molar-refractivity contribution in [1.82, 2.24) is 4.90 Å². The van der Waals surface area contributed by atoms with E-state index in [0.717, 1.165) is 0 Å². The Morgan fingerprint density at radius 2 is 1.71 bits per heavy atom. The molecule has 4 aliphatic heterocycles. The van der Waals surface area contributed by atoms with Crippen molar-refractivity contribution in [1.29, 1.82) is 0 Å². The number of ketones is 1. The zero-order valence-electron chi connectivity index (χ0n) is 35.5. The van der Waals surface area contributed by atoms with Crippen molar-refractivity contribution in [2.75, 3.05) is 21.2 Å². The van der Waals surface area contributed by atoms with Crippen molar-refractivity contribution >= 4 is 30.0 Å². The van der Waals surface area contributed by atoms with Gasteiger partial charge in [0.15, 0.2) is 24.5 Å². The van der Waals surface area contributed by atoms with Crippen LogP contribution in [0.3, 0.4) is 0 Å². The zero-order chi connectivity index (χ0) is 43.1. The first kappa shape index (κ1) is 47.8. The van der Waals surface area contributed by atoms with Crippen LogP contribution in [-0.2, 0) is 66.6 Å². The highest BCUT2D eigenvalue weighted by Crippen LogP contribution is 2.38. The Balaban J connectivity index is 1.65. The van der Waals surface area contributed by atoms with Gasteiger partial charge in [-0.2, -0.15) is 0 Å². The molecule has 0 aliphatic carbocycles. The van der Waals surface area contributed by atoms with E-state index in [1.807, 2.05) is 6.92 Å². The minimum atomic E-state index is -1.50. The van der Waals surface area contributed by atoms with Gasteiger partial charge in [0, 0.05) is 45.6 Å². The van der Waals surface area contributed by atoms with Gasteiger partial charge in [-0.15, -0.1) is 0 Å². The first-order valence-corrected chi connectivity index (χ1v) is 20.4. The molecule has 0 spiro atoms. The number of aldehydes is 1. The lowest BCUT2D eigenvalue weighted by molar-refractivity contribution is -0.344. The summed E-state index contributed by atoms with van der Waals surface area (Å²) in [6.45, 7) is 11.4. The van der Waals surface area contributed by atoms with Crippen molar-refractivity contribution in [3.05, 3.63) is 12.2 Å². The zero-order valence-corrected chi connectivity index (χ0v) is 35.5. The Morgan fingerprint density at radius 3 is 2.31 bits per heavy atom. The van der Waals surface area contributed by atoms with Gasteiger partial charge in [-0.05, 0) is 72.7 Å². The summed E-state index contributed by atoms with van der Waals surface area (Å²) in [7, 11) is 4.81. The molecule has 0 amide bonds. The Morgan fingerprint density at radius 1 is 1.00 bits per heavy atom. The molecular weight excluding hydrogens is 762 g/mol. The number of fused-ring (bicyclic) bond motifs is 1. The summed E-state index contributed by atoms with van der Waals surface area (Å²) in [5.74, 6) is -3.42. The molecule has 0 aromatic rings. The third-order valence-corrected chi connectivity index (χ3v) is 11.3. The van der Waals surface area contributed by atoms with Crippen LogP contribution in [0.25, 0.3) is 0 Å². The number of rotatable bonds is 12. The summed E-state index contributed by atoms with van der Waals surface area (Å²) in [4.78, 5) is 65.5. The van der Waals surface area contributed by atoms with E-state index in [1.54, 1.807) is 59.7 Å². The van der Waals surface area contributed by atoms with Crippen molar-refractivity contribution in [2.45, 2.75) is 185 Å². The normalized spacial score (nSPS) is 41.6. The van der Waals surface area contributed by atoms with Crippen LogP contribution in [0.1, 0.15) is 93.4 Å². The maximum absolute atomic E-state index is 13.4. The fraction of sp³-hybridized carbons (Fsp3) is 0.829. The summed E-state index contributed by atoms with van der Waals surface area (Å²) in [6, 6.07) is -0.797. The molecule has 4 heterocycles. The van der Waals surface area contributed by atoms with Gasteiger partial charge < -0.3 is 62.5 Å². The molecule has 3 saturated heterocycles. The second-order valence-electron chi connectivity index (χ2n) is 16.6. The number of ether oxygens (including phenoxy) is 9. The SMILES string of the molecule is CCCC(=O)OC1C(C)OC(OC2C(C)OC(OC3C(CC=O)CC(C)C(=O)C=CC4OC4CC(C)OC(=O)CC(OC(C)=O)C3OC)C(O)C2N(C)C)CC1(C)O. The number of epoxide rings is 1. The second kappa shape index (κ2) is 21.1. The van der Waals surface area contributed by atoms with Crippen LogP contribution in [0.5, 0.6) is 0 Å². The van der Waals surface area contributed by atoms with E-state index >= 15 is 0 Å². The smallest absolute Gasteiger partial charge is 0.309 e. The molecule has 330 valence electrons. The number of carbonyl (C=O) groups excluding carboxylic acids is 5. The van der Waals surface area contributed by atoms with Crippen LogP contribution < -0.4 is 0 Å². The number of likely N-dealkylation sites (N-methyl/N-ethyl adjacent to an activating group) is 1. The van der Waals surface area contributed by atoms with E-state index in [0.29, 0.717) is 19.1 Å². The molecule has 3 fully saturated rings. The number of hydrogen-bond acceptors (Lipinski definition) is 17. The monoisotopic (exact) mass is 827 g/mol. The summed E-state index contributed by atoms with van der Waals surface area (Å²) < 4.78 is 54.1. The molecule has 17 atom stereocenters. The molecule has 0 aromatic carbocycles. The predicted molar refractivity (Wildman–Crippen MR) is 204 cm³/mol. The third-order valence-electron chi connectivity index (χ3n) is 11.3. The lowest BCUT2D eigenvalue weighted by atomic mass is 9.83. The standard InChI is InChI=1S/C41H65NO16/c1-11-12-31(46)56-39-24(5)52-33(20-41(39,7)49)57-36-23(4)53-40(35(48)34(36)42(8)9)58-37-26(15-16-43)17-21(2)27(45)13-14-28-29(55-28)18-22(3)51-32(47)19-30(38(37)50-10)54-25(6)44/h13-14,16,21-24,26,28-30,33-40,48-49H,11-12,15,17-20H2,1-10H3. The lowest BCUT2D eigenvalue weighted by Gasteiger charge is -2.50. The minimum Gasteiger partial charge on any atom is -0.462 e. The van der Waals surface area contributed by atoms with Crippen molar-refractivity contribution in [2.24, 2.45) is 11.8 Å². The van der Waals surface area contributed by atoms with Crippen molar-refractivity contribution in [3.63, 3.8) is 0 Å². The van der Waals surface area contributed by atoms with Crippen LogP contribution in [0.15, 0.2) is 12.2 Å². The van der Waals surface area contributed by atoms with E-state index in [-0.39, 0.29) is 43.7 Å². The molecule has 2 N–H and O–H groups in total. The Kier molecular flexibility index (Phi) is 17.4. The second-order valence-corrected chi connectivity index (χ2v) is 16.6. The van der Waals surface area contributed by atoms with Gasteiger partial charge in [0.1, 0.15) is 48.5 Å². The van der Waals surface area contributed by atoms with E-state index in [4.69, 9.17) is 42.6 Å². The van der Waals surface area contributed by atoms with Crippen molar-refractivity contribution < 1.29 is 76.8 Å². The van der Waals surface area contributed by atoms with Gasteiger partial charge in [0.25, 0.3) is 0 Å². The Bertz CT molecular complexity index is 1440. The first-order valence-electron chi connectivity index (χ1n) is 20.4. The van der Waals surface area contributed by atoms with Gasteiger partial charge in [-0.1, -0.05) is 13.8 Å². The molecule has 4 aliphatic rings. The third kappa shape index (κ3) is 12.6. The molecule has 17 unspecified atom stereocenters. The van der Waals surface area contributed by atoms with Crippen molar-refractivity contribution in [3.8, 4) is 0 Å². The number of hydrogen-bond donors (Lipinski definition) is 2. The highest BCUT2D eigenvalue weighted by molar-refractivity contribution is 5.91. The number of aliphatic hydroxyl groups excluding tert-OH is 1. The molecular formula is C41H65NO16. The number of aliphatic hydroxyl groups is 2. The van der Waals surface area contributed by atoms with Gasteiger partial charge in [-0.25, -0.2) is 0 Å². The Hall–Kier alpha value is -2.87. The van der Waals surface area contributed by atoms with E-state index < -0.39 is 115 Å². The topological polar surface area (TPSA) is 215 Å². The van der Waals surface area contributed by atoms with Gasteiger partial charge in [0.05, 0.1) is 36.9 Å². The first-order chi connectivity index (χ1) is 27.3. The number of nitrogens with zero attached hydrogens (tertiary/aromatic N) is 1. The average molecular weight is 828 g/mol. The van der Waals surface area contributed by atoms with E-state index in [1.165, 1.54) is 20.1 Å². The van der Waals surface area contributed by atoms with E-state index in [2.05, 4.69) is 0 Å². The fourth-order valence-corrected chi connectivity index (χ4v) is 8.39. The van der Waals surface area contributed by atoms with Crippen LogP contribution in [0.4, 0.5) is 0 Å². The largest absolute Gasteiger partial charge is 0.462 e. The maximum atomic E-state index is 13.4. The van der Waals surface area contributed by atoms with Gasteiger partial charge >= 0.3 is 17.9 Å². The van der Waals surface area contributed by atoms with Crippen LogP contribution in [0, 0.1) is 11.8 Å². The summed E-state index contributed by atoms with van der Waals surface area (Å²) >= 11 is 0. The van der Waals surface area contributed by atoms with Crippen LogP contribution in [0.2, 0.25) is 0 Å².